The maximum atomic E-state index is 14.3. The lowest BCUT2D eigenvalue weighted by atomic mass is 10.1. The van der Waals surface area contributed by atoms with Crippen LogP contribution in [-0.4, -0.2) is 12.3 Å². The largest absolute Gasteiger partial charge is 0.203 e. The molecule has 156 valence electrons. The molecule has 0 nitrogen and oxygen atoms in total. The Morgan fingerprint density at radius 2 is 1.15 bits per heavy atom. The summed E-state index contributed by atoms with van der Waals surface area (Å²) in [6.07, 6.45) is 10.2. The van der Waals surface area contributed by atoms with Gasteiger partial charge in [-0.05, 0) is 24.7 Å². The lowest BCUT2D eigenvalue weighted by molar-refractivity contribution is 0.384. The van der Waals surface area contributed by atoms with Crippen LogP contribution >= 0.6 is 7.92 Å². The van der Waals surface area contributed by atoms with E-state index in [-0.39, 0.29) is 5.92 Å². The molecule has 1 aromatic rings. The predicted octanol–water partition coefficient (Wildman–Crippen LogP) is 7.68. The molecule has 0 saturated carbocycles. The number of halogens is 5. The zero-order valence-corrected chi connectivity index (χ0v) is 17.6. The molecule has 0 amide bonds. The standard InChI is InChI=1S/C21H32F5P/c1-4-6-7-8-9-10-11-13-27(14-15(3)12-5-2)21-19(25)17(23)16(22)18(24)20(21)26/h15H,4-14H2,1-3H3. The van der Waals surface area contributed by atoms with Gasteiger partial charge in [0.1, 0.15) is 0 Å². The summed E-state index contributed by atoms with van der Waals surface area (Å²) in [5.74, 6) is -8.78. The molecule has 1 rings (SSSR count). The van der Waals surface area contributed by atoms with Crippen LogP contribution in [0.5, 0.6) is 0 Å². The summed E-state index contributed by atoms with van der Waals surface area (Å²) < 4.78 is 69.3. The van der Waals surface area contributed by atoms with E-state index in [1.54, 1.807) is 0 Å². The van der Waals surface area contributed by atoms with Crippen molar-refractivity contribution in [3.8, 4) is 0 Å². The van der Waals surface area contributed by atoms with Crippen LogP contribution < -0.4 is 5.30 Å². The normalized spacial score (nSPS) is 13.8. The van der Waals surface area contributed by atoms with Gasteiger partial charge in [-0.1, -0.05) is 80.1 Å². The van der Waals surface area contributed by atoms with Gasteiger partial charge in [-0.25, -0.2) is 22.0 Å². The predicted molar refractivity (Wildman–Crippen MR) is 105 cm³/mol. The molecule has 0 bridgehead atoms. The summed E-state index contributed by atoms with van der Waals surface area (Å²) in [6.45, 7) is 6.15. The van der Waals surface area contributed by atoms with Gasteiger partial charge in [0.15, 0.2) is 23.3 Å². The van der Waals surface area contributed by atoms with Crippen molar-refractivity contribution in [1.82, 2.24) is 0 Å². The van der Waals surface area contributed by atoms with Crippen molar-refractivity contribution in [2.75, 3.05) is 12.3 Å². The first-order valence-electron chi connectivity index (χ1n) is 10.1. The third-order valence-electron chi connectivity index (χ3n) is 4.85. The Kier molecular flexibility index (Phi) is 11.4. The molecular weight excluding hydrogens is 378 g/mol. The van der Waals surface area contributed by atoms with Gasteiger partial charge in [0.2, 0.25) is 5.82 Å². The van der Waals surface area contributed by atoms with Gasteiger partial charge >= 0.3 is 0 Å². The van der Waals surface area contributed by atoms with E-state index in [4.69, 9.17) is 0 Å². The van der Waals surface area contributed by atoms with Crippen LogP contribution in [0.25, 0.3) is 0 Å². The molecule has 2 atom stereocenters. The fourth-order valence-corrected chi connectivity index (χ4v) is 6.27. The third-order valence-corrected chi connectivity index (χ3v) is 7.79. The number of hydrogen-bond donors (Lipinski definition) is 0. The zero-order valence-electron chi connectivity index (χ0n) is 16.7. The zero-order chi connectivity index (χ0) is 20.4. The van der Waals surface area contributed by atoms with Crippen molar-refractivity contribution in [2.45, 2.75) is 78.6 Å². The van der Waals surface area contributed by atoms with Crippen molar-refractivity contribution in [3.63, 3.8) is 0 Å². The van der Waals surface area contributed by atoms with E-state index in [1.165, 1.54) is 19.3 Å². The average Bonchev–Trinajstić information content (AvgIpc) is 2.64. The number of rotatable bonds is 13. The second-order valence-electron chi connectivity index (χ2n) is 7.38. The first kappa shape index (κ1) is 24.3. The van der Waals surface area contributed by atoms with Crippen LogP contribution in [0.4, 0.5) is 22.0 Å². The lowest BCUT2D eigenvalue weighted by Gasteiger charge is -2.23. The van der Waals surface area contributed by atoms with Crippen LogP contribution in [0.2, 0.25) is 0 Å². The first-order valence-corrected chi connectivity index (χ1v) is 11.8. The van der Waals surface area contributed by atoms with Gasteiger partial charge in [0, 0.05) is 0 Å². The van der Waals surface area contributed by atoms with E-state index in [9.17, 15) is 22.0 Å². The fourth-order valence-electron chi connectivity index (χ4n) is 3.39. The Bertz CT molecular complexity index is 547. The minimum absolute atomic E-state index is 0.195. The highest BCUT2D eigenvalue weighted by Gasteiger charge is 2.30. The van der Waals surface area contributed by atoms with Crippen LogP contribution in [-0.2, 0) is 0 Å². The highest BCUT2D eigenvalue weighted by atomic mass is 31.1. The minimum Gasteiger partial charge on any atom is -0.203 e. The number of unbranched alkanes of at least 4 members (excludes halogenated alkanes) is 6. The van der Waals surface area contributed by atoms with Gasteiger partial charge < -0.3 is 0 Å². The van der Waals surface area contributed by atoms with Crippen molar-refractivity contribution in [3.05, 3.63) is 29.1 Å². The van der Waals surface area contributed by atoms with Gasteiger partial charge in [-0.3, -0.25) is 0 Å². The third kappa shape index (κ3) is 7.33. The van der Waals surface area contributed by atoms with Crippen molar-refractivity contribution in [1.29, 1.82) is 0 Å². The first-order chi connectivity index (χ1) is 12.8. The fraction of sp³-hybridized carbons (Fsp3) is 0.714. The van der Waals surface area contributed by atoms with Gasteiger partial charge in [0.25, 0.3) is 0 Å². The van der Waals surface area contributed by atoms with Crippen LogP contribution in [0, 0.1) is 35.0 Å². The van der Waals surface area contributed by atoms with Gasteiger partial charge in [0.05, 0.1) is 5.30 Å². The smallest absolute Gasteiger partial charge is 0.200 e. The van der Waals surface area contributed by atoms with Crippen molar-refractivity contribution >= 4 is 13.2 Å². The summed E-state index contributed by atoms with van der Waals surface area (Å²) in [4.78, 5) is 0. The number of benzene rings is 1. The van der Waals surface area contributed by atoms with Crippen LogP contribution in [0.1, 0.15) is 78.6 Å². The molecule has 0 fully saturated rings. The molecule has 27 heavy (non-hydrogen) atoms. The molecule has 0 radical (unpaired) electrons. The molecule has 1 aromatic carbocycles. The topological polar surface area (TPSA) is 0 Å². The molecule has 0 aliphatic heterocycles. The SMILES string of the molecule is CCCCCCCCCP(CC(C)CCC)c1c(F)c(F)c(F)c(F)c1F. The summed E-state index contributed by atoms with van der Waals surface area (Å²) in [6, 6.07) is 0. The van der Waals surface area contributed by atoms with Crippen molar-refractivity contribution < 1.29 is 22.0 Å². The minimum atomic E-state index is -2.07. The summed E-state index contributed by atoms with van der Waals surface area (Å²) in [5.41, 5.74) is 0. The quantitative estimate of drug-likeness (QED) is 0.103. The molecule has 6 heteroatoms. The molecule has 0 aliphatic rings. The van der Waals surface area contributed by atoms with Gasteiger partial charge in [-0.15, -0.1) is 0 Å². The number of hydrogen-bond acceptors (Lipinski definition) is 0. The maximum absolute atomic E-state index is 14.3. The van der Waals surface area contributed by atoms with E-state index in [0.717, 1.165) is 38.5 Å². The monoisotopic (exact) mass is 410 g/mol. The van der Waals surface area contributed by atoms with Gasteiger partial charge in [-0.2, -0.15) is 0 Å². The summed E-state index contributed by atoms with van der Waals surface area (Å²) in [7, 11) is -1.42. The Hall–Kier alpha value is -0.700. The van der Waals surface area contributed by atoms with E-state index in [0.29, 0.717) is 12.3 Å². The summed E-state index contributed by atoms with van der Waals surface area (Å²) >= 11 is 0. The average molecular weight is 410 g/mol. The molecule has 0 saturated heterocycles. The highest BCUT2D eigenvalue weighted by molar-refractivity contribution is 7.65. The molecule has 0 aromatic heterocycles. The van der Waals surface area contributed by atoms with Crippen LogP contribution in [0.3, 0.4) is 0 Å². The molecule has 0 heterocycles. The lowest BCUT2D eigenvalue weighted by Crippen LogP contribution is -2.23. The molecule has 0 spiro atoms. The van der Waals surface area contributed by atoms with E-state index < -0.39 is 42.3 Å². The Morgan fingerprint density at radius 1 is 0.667 bits per heavy atom. The van der Waals surface area contributed by atoms with E-state index in [2.05, 4.69) is 6.92 Å². The van der Waals surface area contributed by atoms with Crippen molar-refractivity contribution in [2.24, 2.45) is 5.92 Å². The Morgan fingerprint density at radius 3 is 1.67 bits per heavy atom. The Labute approximate surface area is 161 Å². The van der Waals surface area contributed by atoms with E-state index >= 15 is 0 Å². The second-order valence-corrected chi connectivity index (χ2v) is 9.72. The van der Waals surface area contributed by atoms with E-state index in [1.807, 2.05) is 13.8 Å². The molecule has 0 aliphatic carbocycles. The second kappa shape index (κ2) is 12.7. The molecule has 0 N–H and O–H groups in total. The molecule has 2 unspecified atom stereocenters. The maximum Gasteiger partial charge on any atom is 0.200 e. The Balaban J connectivity index is 2.89. The molecular formula is C21H32F5P. The van der Waals surface area contributed by atoms with Crippen LogP contribution in [0.15, 0.2) is 0 Å². The summed E-state index contributed by atoms with van der Waals surface area (Å²) in [5, 5.41) is -0.560. The highest BCUT2D eigenvalue weighted by Crippen LogP contribution is 2.42.